The van der Waals surface area contributed by atoms with Crippen molar-refractivity contribution in [3.63, 3.8) is 0 Å². The van der Waals surface area contributed by atoms with Gasteiger partial charge in [-0.3, -0.25) is 0 Å². The van der Waals surface area contributed by atoms with Crippen LogP contribution in [0.5, 0.6) is 0 Å². The van der Waals surface area contributed by atoms with Gasteiger partial charge in [0.1, 0.15) is 0 Å². The van der Waals surface area contributed by atoms with E-state index in [1.807, 2.05) is 32.1 Å². The third kappa shape index (κ3) is 4.66. The summed E-state index contributed by atoms with van der Waals surface area (Å²) in [4.78, 5) is 0.402. The van der Waals surface area contributed by atoms with E-state index in [-0.39, 0.29) is 0 Å². The van der Waals surface area contributed by atoms with Crippen LogP contribution in [0.1, 0.15) is 30.9 Å². The first-order chi connectivity index (χ1) is 9.95. The summed E-state index contributed by atoms with van der Waals surface area (Å²) in [5.41, 5.74) is 1.85. The highest BCUT2D eigenvalue weighted by Gasteiger charge is 2.23. The molecule has 1 aromatic carbocycles. The van der Waals surface area contributed by atoms with Gasteiger partial charge in [0.15, 0.2) is 0 Å². The fraction of sp³-hybridized carbons (Fsp3) is 0.500. The standard InChI is InChI=1S/C16H26N2O2S/c1-5-7-8-12-18(4)21(19,20)16-11-9-10-15(14(16)3)13-17-6-2/h5,9-11,17H,1,6-8,12-13H2,2-4H3. The Kier molecular flexibility index (Phi) is 7.08. The van der Waals surface area contributed by atoms with Gasteiger partial charge in [0, 0.05) is 20.1 Å². The van der Waals surface area contributed by atoms with Crippen molar-refractivity contribution < 1.29 is 8.42 Å². The molecule has 0 atom stereocenters. The zero-order valence-corrected chi connectivity index (χ0v) is 14.0. The molecule has 0 bridgehead atoms. The van der Waals surface area contributed by atoms with Crippen molar-refractivity contribution in [3.8, 4) is 0 Å². The Bertz CT molecular complexity index is 568. The van der Waals surface area contributed by atoms with Gasteiger partial charge in [-0.15, -0.1) is 6.58 Å². The van der Waals surface area contributed by atoms with Gasteiger partial charge >= 0.3 is 0 Å². The molecule has 0 fully saturated rings. The largest absolute Gasteiger partial charge is 0.313 e. The second kappa shape index (κ2) is 8.32. The number of allylic oxidation sites excluding steroid dienone is 1. The van der Waals surface area contributed by atoms with Gasteiger partial charge in [-0.1, -0.05) is 25.1 Å². The van der Waals surface area contributed by atoms with Crippen molar-refractivity contribution in [1.82, 2.24) is 9.62 Å². The normalized spacial score (nSPS) is 11.8. The van der Waals surface area contributed by atoms with Gasteiger partial charge in [0.25, 0.3) is 0 Å². The first-order valence-corrected chi connectivity index (χ1v) is 8.75. The highest BCUT2D eigenvalue weighted by molar-refractivity contribution is 7.89. The molecule has 0 unspecified atom stereocenters. The molecule has 0 radical (unpaired) electrons. The minimum Gasteiger partial charge on any atom is -0.313 e. The lowest BCUT2D eigenvalue weighted by molar-refractivity contribution is 0.462. The van der Waals surface area contributed by atoms with Gasteiger partial charge in [-0.25, -0.2) is 12.7 Å². The lowest BCUT2D eigenvalue weighted by Crippen LogP contribution is -2.29. The molecule has 21 heavy (non-hydrogen) atoms. The van der Waals surface area contributed by atoms with Crippen LogP contribution >= 0.6 is 0 Å². The molecule has 4 nitrogen and oxygen atoms in total. The van der Waals surface area contributed by atoms with E-state index in [4.69, 9.17) is 0 Å². The monoisotopic (exact) mass is 310 g/mol. The van der Waals surface area contributed by atoms with Crippen LogP contribution in [0.4, 0.5) is 0 Å². The third-order valence-electron chi connectivity index (χ3n) is 3.53. The van der Waals surface area contributed by atoms with Crippen molar-refractivity contribution >= 4 is 10.0 Å². The molecule has 0 saturated carbocycles. The summed E-state index contributed by atoms with van der Waals surface area (Å²) in [7, 11) is -1.79. The molecular weight excluding hydrogens is 284 g/mol. The zero-order chi connectivity index (χ0) is 15.9. The van der Waals surface area contributed by atoms with Crippen molar-refractivity contribution in [2.24, 2.45) is 0 Å². The molecule has 0 saturated heterocycles. The maximum atomic E-state index is 12.7. The number of rotatable bonds is 9. The molecule has 5 heteroatoms. The summed E-state index contributed by atoms with van der Waals surface area (Å²) in [6.45, 7) is 9.61. The van der Waals surface area contributed by atoms with E-state index in [2.05, 4.69) is 11.9 Å². The summed E-state index contributed by atoms with van der Waals surface area (Å²) in [6.07, 6.45) is 3.41. The Labute approximate surface area is 128 Å². The van der Waals surface area contributed by atoms with E-state index < -0.39 is 10.0 Å². The predicted octanol–water partition coefficient (Wildman–Crippen LogP) is 2.69. The minimum atomic E-state index is -3.43. The molecule has 0 heterocycles. The molecule has 0 aliphatic heterocycles. The van der Waals surface area contributed by atoms with Gasteiger partial charge in [-0.05, 0) is 43.5 Å². The highest BCUT2D eigenvalue weighted by Crippen LogP contribution is 2.22. The van der Waals surface area contributed by atoms with Crippen LogP contribution in [-0.4, -0.2) is 32.9 Å². The highest BCUT2D eigenvalue weighted by atomic mass is 32.2. The molecular formula is C16H26N2O2S. The third-order valence-corrected chi connectivity index (χ3v) is 5.53. The Balaban J connectivity index is 2.99. The van der Waals surface area contributed by atoms with Gasteiger partial charge in [-0.2, -0.15) is 0 Å². The zero-order valence-electron chi connectivity index (χ0n) is 13.2. The average Bonchev–Trinajstić information content (AvgIpc) is 2.46. The topological polar surface area (TPSA) is 49.4 Å². The molecule has 118 valence electrons. The second-order valence-corrected chi connectivity index (χ2v) is 7.09. The molecule has 1 aromatic rings. The number of benzene rings is 1. The summed E-state index contributed by atoms with van der Waals surface area (Å²) >= 11 is 0. The van der Waals surface area contributed by atoms with E-state index in [1.165, 1.54) is 4.31 Å². The SMILES string of the molecule is C=CCCCN(C)S(=O)(=O)c1cccc(CNCC)c1C. The van der Waals surface area contributed by atoms with Crippen molar-refractivity contribution in [3.05, 3.63) is 42.0 Å². The fourth-order valence-corrected chi connectivity index (χ4v) is 3.61. The molecule has 0 amide bonds. The summed E-state index contributed by atoms with van der Waals surface area (Å²) in [5, 5.41) is 3.24. The number of nitrogens with zero attached hydrogens (tertiary/aromatic N) is 1. The molecule has 0 aromatic heterocycles. The first-order valence-electron chi connectivity index (χ1n) is 7.31. The van der Waals surface area contributed by atoms with Crippen molar-refractivity contribution in [2.45, 2.75) is 38.1 Å². The van der Waals surface area contributed by atoms with Crippen molar-refractivity contribution in [2.75, 3.05) is 20.1 Å². The van der Waals surface area contributed by atoms with Crippen molar-refractivity contribution in [1.29, 1.82) is 0 Å². The smallest absolute Gasteiger partial charge is 0.243 e. The number of nitrogens with one attached hydrogen (secondary N) is 1. The Morgan fingerprint density at radius 1 is 1.38 bits per heavy atom. The van der Waals surface area contributed by atoms with E-state index in [0.717, 1.165) is 30.5 Å². The lowest BCUT2D eigenvalue weighted by Gasteiger charge is -2.19. The second-order valence-electron chi connectivity index (χ2n) is 5.08. The molecule has 1 rings (SSSR count). The summed E-state index contributed by atoms with van der Waals surface area (Å²) < 4.78 is 26.7. The minimum absolute atomic E-state index is 0.402. The number of hydrogen-bond acceptors (Lipinski definition) is 3. The van der Waals surface area contributed by atoms with Crippen LogP contribution in [0.3, 0.4) is 0 Å². The van der Waals surface area contributed by atoms with Crippen LogP contribution < -0.4 is 5.32 Å². The van der Waals surface area contributed by atoms with E-state index in [9.17, 15) is 8.42 Å². The van der Waals surface area contributed by atoms with Crippen LogP contribution in [0.15, 0.2) is 35.7 Å². The van der Waals surface area contributed by atoms with E-state index >= 15 is 0 Å². The number of sulfonamides is 1. The molecule has 1 N–H and O–H groups in total. The van der Waals surface area contributed by atoms with Gasteiger partial charge < -0.3 is 5.32 Å². The molecule has 0 aliphatic rings. The van der Waals surface area contributed by atoms with Gasteiger partial charge in [0.05, 0.1) is 4.90 Å². The Morgan fingerprint density at radius 3 is 2.71 bits per heavy atom. The first kappa shape index (κ1) is 17.9. The summed E-state index contributed by atoms with van der Waals surface area (Å²) in [5.74, 6) is 0. The molecule has 0 spiro atoms. The average molecular weight is 310 g/mol. The maximum absolute atomic E-state index is 12.7. The van der Waals surface area contributed by atoms with Crippen LogP contribution in [0.2, 0.25) is 0 Å². The van der Waals surface area contributed by atoms with E-state index in [1.54, 1.807) is 13.1 Å². The predicted molar refractivity (Wildman–Crippen MR) is 87.8 cm³/mol. The van der Waals surface area contributed by atoms with Crippen LogP contribution in [0.25, 0.3) is 0 Å². The fourth-order valence-electron chi connectivity index (χ4n) is 2.14. The molecule has 0 aliphatic carbocycles. The number of unbranched alkanes of at least 4 members (excludes halogenated alkanes) is 1. The Hall–Kier alpha value is -1.17. The maximum Gasteiger partial charge on any atom is 0.243 e. The number of hydrogen-bond donors (Lipinski definition) is 1. The van der Waals surface area contributed by atoms with Crippen LogP contribution in [-0.2, 0) is 16.6 Å². The van der Waals surface area contributed by atoms with Crippen LogP contribution in [0, 0.1) is 6.92 Å². The van der Waals surface area contributed by atoms with Gasteiger partial charge in [0.2, 0.25) is 10.0 Å². The quantitative estimate of drug-likeness (QED) is 0.563. The summed E-state index contributed by atoms with van der Waals surface area (Å²) in [6, 6.07) is 5.46. The van der Waals surface area contributed by atoms with E-state index in [0.29, 0.717) is 18.0 Å². The Morgan fingerprint density at radius 2 is 2.10 bits per heavy atom. The lowest BCUT2D eigenvalue weighted by atomic mass is 10.1.